The first kappa shape index (κ1) is 20.4. The highest BCUT2D eigenvalue weighted by Gasteiger charge is 2.30. The smallest absolute Gasteiger partial charge is 0.322 e. The van der Waals surface area contributed by atoms with E-state index in [0.29, 0.717) is 17.8 Å². The summed E-state index contributed by atoms with van der Waals surface area (Å²) in [5.41, 5.74) is 0.414. The maximum Gasteiger partial charge on any atom is 0.322 e. The summed E-state index contributed by atoms with van der Waals surface area (Å²) in [5, 5.41) is 14.8. The topological polar surface area (TPSA) is 101 Å². The van der Waals surface area contributed by atoms with Crippen molar-refractivity contribution < 1.29 is 18.0 Å². The minimum absolute atomic E-state index is 0.0180. The highest BCUT2D eigenvalue weighted by Crippen LogP contribution is 2.32. The number of nitrogens with zero attached hydrogens (tertiary/aromatic N) is 2. The number of aromatic amines is 1. The first-order chi connectivity index (χ1) is 14.8. The van der Waals surface area contributed by atoms with Crippen LogP contribution in [0.1, 0.15) is 22.9 Å². The van der Waals surface area contributed by atoms with E-state index in [4.69, 9.17) is 5.26 Å². The number of halogens is 3. The van der Waals surface area contributed by atoms with Crippen LogP contribution in [0.4, 0.5) is 23.7 Å². The number of anilines is 1. The lowest BCUT2D eigenvalue weighted by Crippen LogP contribution is -2.43. The average Bonchev–Trinajstić information content (AvgIpc) is 2.75. The van der Waals surface area contributed by atoms with Crippen molar-refractivity contribution in [1.82, 2.24) is 15.2 Å². The van der Waals surface area contributed by atoms with E-state index in [-0.39, 0.29) is 28.6 Å². The number of hydrogen-bond donors (Lipinski definition) is 3. The summed E-state index contributed by atoms with van der Waals surface area (Å²) in [5.74, 6) is -2.94. The molecule has 0 bridgehead atoms. The fourth-order valence-corrected chi connectivity index (χ4v) is 3.72. The normalized spacial score (nSPS) is 15.3. The van der Waals surface area contributed by atoms with Gasteiger partial charge in [0, 0.05) is 37.1 Å². The number of H-pyrrole nitrogens is 1. The molecule has 1 aromatic heterocycles. The zero-order valence-electron chi connectivity index (χ0n) is 16.2. The van der Waals surface area contributed by atoms with Gasteiger partial charge in [-0.05, 0) is 35.7 Å². The number of carbonyl (C=O) groups excluding carboxylic acids is 1. The number of likely N-dealkylation sites (N-methyl/N-ethyl adjacent to an activating group) is 1. The van der Waals surface area contributed by atoms with E-state index in [1.54, 1.807) is 6.07 Å². The maximum absolute atomic E-state index is 14.0. The predicted octanol–water partition coefficient (Wildman–Crippen LogP) is 3.13. The molecule has 0 spiro atoms. The van der Waals surface area contributed by atoms with Crippen LogP contribution in [-0.4, -0.2) is 29.5 Å². The Kier molecular flexibility index (Phi) is 5.12. The third-order valence-corrected chi connectivity index (χ3v) is 5.28. The lowest BCUT2D eigenvalue weighted by Gasteiger charge is -2.34. The molecule has 0 unspecified atom stereocenters. The SMILES string of the molecule is CN(C(=O)Nc1ccc(F)c(C#N)c1)[C@H]1CNCc2[nH]c(=O)c3cc(F)c(F)cc3c21. The van der Waals surface area contributed by atoms with Gasteiger partial charge in [0.1, 0.15) is 11.9 Å². The Morgan fingerprint density at radius 2 is 1.87 bits per heavy atom. The fourth-order valence-electron chi connectivity index (χ4n) is 3.72. The van der Waals surface area contributed by atoms with Crippen LogP contribution in [0.3, 0.4) is 0 Å². The molecule has 3 aromatic rings. The quantitative estimate of drug-likeness (QED) is 0.585. The van der Waals surface area contributed by atoms with Gasteiger partial charge in [-0.1, -0.05) is 0 Å². The summed E-state index contributed by atoms with van der Waals surface area (Å²) in [6.07, 6.45) is 0. The van der Waals surface area contributed by atoms with Crippen molar-refractivity contribution in [3.63, 3.8) is 0 Å². The van der Waals surface area contributed by atoms with Crippen LogP contribution in [-0.2, 0) is 6.54 Å². The molecule has 0 fully saturated rings. The molecule has 2 heterocycles. The van der Waals surface area contributed by atoms with Gasteiger partial charge < -0.3 is 20.5 Å². The van der Waals surface area contributed by atoms with E-state index in [0.717, 1.165) is 18.2 Å². The number of carbonyl (C=O) groups is 1. The predicted molar refractivity (Wildman–Crippen MR) is 107 cm³/mol. The summed E-state index contributed by atoms with van der Waals surface area (Å²) < 4.78 is 41.2. The Balaban J connectivity index is 1.73. The van der Waals surface area contributed by atoms with Gasteiger partial charge >= 0.3 is 6.03 Å². The van der Waals surface area contributed by atoms with Gasteiger partial charge in [-0.15, -0.1) is 0 Å². The Morgan fingerprint density at radius 1 is 1.16 bits per heavy atom. The number of nitriles is 1. The van der Waals surface area contributed by atoms with Crippen LogP contribution in [0.15, 0.2) is 35.1 Å². The van der Waals surface area contributed by atoms with Gasteiger partial charge in [0.05, 0.1) is 17.0 Å². The maximum atomic E-state index is 14.0. The molecule has 0 saturated heterocycles. The van der Waals surface area contributed by atoms with Crippen molar-refractivity contribution in [3.8, 4) is 6.07 Å². The molecule has 0 aliphatic carbocycles. The molecule has 3 N–H and O–H groups in total. The van der Waals surface area contributed by atoms with Crippen molar-refractivity contribution in [3.05, 3.63) is 75.0 Å². The summed E-state index contributed by atoms with van der Waals surface area (Å²) >= 11 is 0. The van der Waals surface area contributed by atoms with E-state index in [9.17, 15) is 22.8 Å². The van der Waals surface area contributed by atoms with Gasteiger partial charge in [0.25, 0.3) is 5.56 Å². The third-order valence-electron chi connectivity index (χ3n) is 5.28. The first-order valence-corrected chi connectivity index (χ1v) is 9.28. The molecule has 10 heteroatoms. The van der Waals surface area contributed by atoms with Gasteiger partial charge in [0.15, 0.2) is 11.6 Å². The van der Waals surface area contributed by atoms with E-state index in [1.807, 2.05) is 0 Å². The Labute approximate surface area is 174 Å². The molecule has 1 aliphatic rings. The van der Waals surface area contributed by atoms with Gasteiger partial charge in [0.2, 0.25) is 0 Å². The van der Waals surface area contributed by atoms with E-state index >= 15 is 0 Å². The molecule has 1 aliphatic heterocycles. The number of fused-ring (bicyclic) bond motifs is 3. The van der Waals surface area contributed by atoms with Crippen molar-refractivity contribution >= 4 is 22.5 Å². The molecule has 2 amide bonds. The number of nitrogens with one attached hydrogen (secondary N) is 3. The summed E-state index contributed by atoms with van der Waals surface area (Å²) in [6.45, 7) is 0.582. The molecular weight excluding hydrogens is 411 g/mol. The monoisotopic (exact) mass is 427 g/mol. The number of aromatic nitrogens is 1. The van der Waals surface area contributed by atoms with Crippen LogP contribution in [0.5, 0.6) is 0 Å². The van der Waals surface area contributed by atoms with E-state index in [2.05, 4.69) is 15.6 Å². The minimum atomic E-state index is -1.14. The largest absolute Gasteiger partial charge is 0.324 e. The van der Waals surface area contributed by atoms with E-state index in [1.165, 1.54) is 24.1 Å². The molecule has 0 saturated carbocycles. The van der Waals surface area contributed by atoms with Crippen molar-refractivity contribution in [2.24, 2.45) is 0 Å². The zero-order valence-corrected chi connectivity index (χ0v) is 16.2. The molecule has 4 rings (SSSR count). The van der Waals surface area contributed by atoms with Crippen molar-refractivity contribution in [2.75, 3.05) is 18.9 Å². The van der Waals surface area contributed by atoms with Crippen LogP contribution in [0.25, 0.3) is 10.8 Å². The minimum Gasteiger partial charge on any atom is -0.324 e. The molecule has 7 nitrogen and oxygen atoms in total. The summed E-state index contributed by atoms with van der Waals surface area (Å²) in [4.78, 5) is 29.2. The van der Waals surface area contributed by atoms with Crippen LogP contribution >= 0.6 is 0 Å². The van der Waals surface area contributed by atoms with Gasteiger partial charge in [-0.2, -0.15) is 5.26 Å². The second kappa shape index (κ2) is 7.77. The van der Waals surface area contributed by atoms with Gasteiger partial charge in [-0.25, -0.2) is 18.0 Å². The average molecular weight is 427 g/mol. The number of urea groups is 1. The fraction of sp³-hybridized carbons (Fsp3) is 0.190. The van der Waals surface area contributed by atoms with Crippen LogP contribution in [0.2, 0.25) is 0 Å². The third kappa shape index (κ3) is 3.60. The number of pyridine rings is 1. The molecule has 2 aromatic carbocycles. The zero-order chi connectivity index (χ0) is 22.3. The molecule has 0 radical (unpaired) electrons. The van der Waals surface area contributed by atoms with Crippen LogP contribution in [0, 0.1) is 28.8 Å². The van der Waals surface area contributed by atoms with Crippen LogP contribution < -0.4 is 16.2 Å². The second-order valence-electron chi connectivity index (χ2n) is 7.15. The lowest BCUT2D eigenvalue weighted by molar-refractivity contribution is 0.200. The van der Waals surface area contributed by atoms with Gasteiger partial charge in [-0.3, -0.25) is 4.79 Å². The molecule has 1 atom stereocenters. The highest BCUT2D eigenvalue weighted by atomic mass is 19.2. The first-order valence-electron chi connectivity index (χ1n) is 9.28. The number of hydrogen-bond acceptors (Lipinski definition) is 4. The molecular formula is C21H16F3N5O2. The van der Waals surface area contributed by atoms with Crippen molar-refractivity contribution in [1.29, 1.82) is 5.26 Å². The number of benzene rings is 2. The number of amides is 2. The standard InChI is InChI=1S/C21H16F3N5O2/c1-29(21(31)27-11-2-3-14(22)10(4-11)7-25)18-9-26-8-17-19(18)12-5-15(23)16(24)6-13(12)20(30)28-17/h2-6,18,26H,8-9H2,1H3,(H,27,31)(H,28,30)/t18-/m0/s1. The Morgan fingerprint density at radius 3 is 2.58 bits per heavy atom. The Bertz CT molecular complexity index is 1320. The molecule has 31 heavy (non-hydrogen) atoms. The second-order valence-corrected chi connectivity index (χ2v) is 7.15. The van der Waals surface area contributed by atoms with E-state index < -0.39 is 35.1 Å². The lowest BCUT2D eigenvalue weighted by atomic mass is 9.94. The summed E-state index contributed by atoms with van der Waals surface area (Å²) in [7, 11) is 1.50. The Hall–Kier alpha value is -3.84. The summed E-state index contributed by atoms with van der Waals surface area (Å²) in [6, 6.07) is 5.90. The highest BCUT2D eigenvalue weighted by molar-refractivity contribution is 5.91. The number of rotatable bonds is 2. The van der Waals surface area contributed by atoms with Crippen molar-refractivity contribution in [2.45, 2.75) is 12.6 Å². The molecule has 158 valence electrons.